The van der Waals surface area contributed by atoms with Crippen LogP contribution in [0, 0.1) is 5.82 Å². The highest BCUT2D eigenvalue weighted by molar-refractivity contribution is 5.97. The van der Waals surface area contributed by atoms with Crippen LogP contribution in [0.5, 0.6) is 5.75 Å². The van der Waals surface area contributed by atoms with Crippen molar-refractivity contribution < 1.29 is 19.0 Å². The van der Waals surface area contributed by atoms with E-state index >= 15 is 4.39 Å². The van der Waals surface area contributed by atoms with Gasteiger partial charge in [-0.25, -0.2) is 9.18 Å². The molecule has 1 fully saturated rings. The molecule has 0 radical (unpaired) electrons. The third kappa shape index (κ3) is 2.86. The first-order chi connectivity index (χ1) is 13.4. The number of benzene rings is 1. The second-order valence-electron chi connectivity index (χ2n) is 7.20. The third-order valence-corrected chi connectivity index (χ3v) is 5.45. The predicted molar refractivity (Wildman–Crippen MR) is 104 cm³/mol. The van der Waals surface area contributed by atoms with E-state index in [9.17, 15) is 14.7 Å². The molecule has 1 aromatic carbocycles. The Kier molecular flexibility index (Phi) is 4.62. The van der Waals surface area contributed by atoms with Crippen molar-refractivity contribution in [1.29, 1.82) is 0 Å². The third-order valence-electron chi connectivity index (χ3n) is 5.45. The molecule has 1 saturated heterocycles. The Morgan fingerprint density at radius 2 is 2.11 bits per heavy atom. The lowest BCUT2D eigenvalue weighted by atomic mass is 10.0. The molecule has 0 aliphatic carbocycles. The van der Waals surface area contributed by atoms with Crippen molar-refractivity contribution in [1.82, 2.24) is 9.99 Å². The topological polar surface area (TPSA) is 87.0 Å². The Hall–Kier alpha value is -2.81. The number of rotatable bonds is 4. The zero-order valence-electron chi connectivity index (χ0n) is 15.9. The Balaban J connectivity index is 1.87. The van der Waals surface area contributed by atoms with Crippen LogP contribution in [0.4, 0.5) is 10.1 Å². The van der Waals surface area contributed by atoms with Gasteiger partial charge < -0.3 is 20.1 Å². The molecule has 0 amide bonds. The molecule has 0 saturated carbocycles. The number of aromatic carboxylic acids is 1. The number of aromatic nitrogens is 1. The molecule has 0 spiro atoms. The fourth-order valence-corrected chi connectivity index (χ4v) is 4.07. The van der Waals surface area contributed by atoms with Crippen molar-refractivity contribution in [2.75, 3.05) is 43.3 Å². The highest BCUT2D eigenvalue weighted by atomic mass is 19.1. The number of nitrogens with zero attached hydrogens (tertiary/aromatic N) is 3. The van der Waals surface area contributed by atoms with Crippen molar-refractivity contribution in [2.24, 2.45) is 0 Å². The fourth-order valence-electron chi connectivity index (χ4n) is 4.07. The molecule has 4 rings (SSSR count). The summed E-state index contributed by atoms with van der Waals surface area (Å²) in [6.45, 7) is 4.42. The largest absolute Gasteiger partial charge is 0.477 e. The van der Waals surface area contributed by atoms with E-state index in [0.717, 1.165) is 25.5 Å². The van der Waals surface area contributed by atoms with Crippen LogP contribution in [0.1, 0.15) is 30.1 Å². The van der Waals surface area contributed by atoms with Crippen molar-refractivity contribution in [3.8, 4) is 5.75 Å². The molecule has 3 heterocycles. The van der Waals surface area contributed by atoms with Crippen LogP contribution in [0.3, 0.4) is 0 Å². The highest BCUT2D eigenvalue weighted by Gasteiger charge is 2.31. The van der Waals surface area contributed by atoms with Gasteiger partial charge in [0.1, 0.15) is 16.8 Å². The summed E-state index contributed by atoms with van der Waals surface area (Å²) in [5.74, 6) is -1.61. The fraction of sp³-hybridized carbons (Fsp3) is 0.474. The summed E-state index contributed by atoms with van der Waals surface area (Å²) in [6, 6.07) is 1.54. The van der Waals surface area contributed by atoms with Gasteiger partial charge >= 0.3 is 5.97 Å². The minimum Gasteiger partial charge on any atom is -0.477 e. The number of halogens is 1. The van der Waals surface area contributed by atoms with Crippen LogP contribution < -0.4 is 25.4 Å². The zero-order chi connectivity index (χ0) is 20.0. The lowest BCUT2D eigenvalue weighted by molar-refractivity contribution is 0.0694. The van der Waals surface area contributed by atoms with E-state index in [1.54, 1.807) is 16.7 Å². The van der Waals surface area contributed by atoms with Gasteiger partial charge in [0.05, 0.1) is 5.39 Å². The number of ether oxygens (including phenoxy) is 1. The van der Waals surface area contributed by atoms with E-state index in [1.165, 1.54) is 6.20 Å². The Labute approximate surface area is 161 Å². The minimum atomic E-state index is -1.34. The monoisotopic (exact) mass is 390 g/mol. The van der Waals surface area contributed by atoms with Gasteiger partial charge in [-0.3, -0.25) is 14.5 Å². The quantitative estimate of drug-likeness (QED) is 0.815. The molecular formula is C19H23FN4O4. The van der Waals surface area contributed by atoms with E-state index in [0.29, 0.717) is 36.1 Å². The van der Waals surface area contributed by atoms with Crippen LogP contribution >= 0.6 is 0 Å². The number of carbonyl (C=O) groups is 1. The van der Waals surface area contributed by atoms with E-state index in [2.05, 4.69) is 12.2 Å². The number of carboxylic acid groups (broad SMARTS) is 1. The van der Waals surface area contributed by atoms with Gasteiger partial charge in [0.15, 0.2) is 18.3 Å². The Morgan fingerprint density at radius 1 is 1.39 bits per heavy atom. The lowest BCUT2D eigenvalue weighted by Gasteiger charge is -2.37. The number of nitrogens with one attached hydrogen (secondary N) is 1. The summed E-state index contributed by atoms with van der Waals surface area (Å²) in [5.41, 5.74) is -0.373. The molecule has 28 heavy (non-hydrogen) atoms. The molecule has 8 nitrogen and oxygen atoms in total. The number of anilines is 1. The molecule has 0 unspecified atom stereocenters. The van der Waals surface area contributed by atoms with Crippen LogP contribution in [-0.4, -0.2) is 55.2 Å². The molecule has 2 aliphatic heterocycles. The minimum absolute atomic E-state index is 0.00485. The number of pyridine rings is 1. The normalized spacial score (nSPS) is 17.1. The number of hydrogen-bond acceptors (Lipinski definition) is 6. The maximum atomic E-state index is 15.1. The average Bonchev–Trinajstić information content (AvgIpc) is 2.67. The molecule has 1 aromatic heterocycles. The molecule has 150 valence electrons. The summed E-state index contributed by atoms with van der Waals surface area (Å²) >= 11 is 0. The number of hydrogen-bond donors (Lipinski definition) is 2. The summed E-state index contributed by atoms with van der Waals surface area (Å²) in [6.07, 6.45) is 3.04. The summed E-state index contributed by atoms with van der Waals surface area (Å²) in [4.78, 5) is 26.0. The smallest absolute Gasteiger partial charge is 0.341 e. The second kappa shape index (κ2) is 6.97. The molecule has 2 aliphatic rings. The van der Waals surface area contributed by atoms with Gasteiger partial charge in [-0.2, -0.15) is 0 Å². The van der Waals surface area contributed by atoms with Gasteiger partial charge in [0.25, 0.3) is 0 Å². The first-order valence-corrected chi connectivity index (χ1v) is 9.40. The van der Waals surface area contributed by atoms with Crippen LogP contribution in [0.25, 0.3) is 10.9 Å². The van der Waals surface area contributed by atoms with Crippen molar-refractivity contribution in [3.05, 3.63) is 33.9 Å². The maximum Gasteiger partial charge on any atom is 0.341 e. The van der Waals surface area contributed by atoms with Gasteiger partial charge in [-0.05, 0) is 25.5 Å². The van der Waals surface area contributed by atoms with E-state index in [1.807, 2.05) is 4.90 Å². The maximum absolute atomic E-state index is 15.1. The molecule has 0 atom stereocenters. The van der Waals surface area contributed by atoms with Crippen LogP contribution in [-0.2, 0) is 0 Å². The summed E-state index contributed by atoms with van der Waals surface area (Å²) in [5, 5.41) is 14.4. The van der Waals surface area contributed by atoms with Gasteiger partial charge in [0, 0.05) is 32.4 Å². The summed E-state index contributed by atoms with van der Waals surface area (Å²) < 4.78 is 22.5. The second-order valence-corrected chi connectivity index (χ2v) is 7.20. The van der Waals surface area contributed by atoms with Crippen molar-refractivity contribution in [3.63, 3.8) is 0 Å². The van der Waals surface area contributed by atoms with Gasteiger partial charge in [0.2, 0.25) is 5.43 Å². The highest BCUT2D eigenvalue weighted by Crippen LogP contribution is 2.40. The Morgan fingerprint density at radius 3 is 2.75 bits per heavy atom. The standard InChI is InChI=1S/C19H23FN4O4/c1-3-21-11-4-6-23(7-5-11)16-14(20)8-12-15-18(16)28-10-22(2)24(15)9-13(17(12)25)19(26)27/h8-9,11,21H,3-7,10H2,1-2H3,(H,26,27). The van der Waals surface area contributed by atoms with E-state index < -0.39 is 22.8 Å². The first-order valence-electron chi connectivity index (χ1n) is 9.40. The van der Waals surface area contributed by atoms with Crippen LogP contribution in [0.15, 0.2) is 17.1 Å². The van der Waals surface area contributed by atoms with Crippen LogP contribution in [0.2, 0.25) is 0 Å². The summed E-state index contributed by atoms with van der Waals surface area (Å²) in [7, 11) is 1.71. The van der Waals surface area contributed by atoms with Gasteiger partial charge in [-0.1, -0.05) is 6.92 Å². The molecule has 2 N–H and O–H groups in total. The predicted octanol–water partition coefficient (Wildman–Crippen LogP) is 1.33. The van der Waals surface area contributed by atoms with E-state index in [-0.39, 0.29) is 12.1 Å². The zero-order valence-corrected chi connectivity index (χ0v) is 15.9. The average molecular weight is 390 g/mol. The molecule has 0 bridgehead atoms. The Bertz CT molecular complexity index is 998. The molecule has 9 heteroatoms. The van der Waals surface area contributed by atoms with Gasteiger partial charge in [-0.15, -0.1) is 0 Å². The SMILES string of the molecule is CCNC1CCN(c2c(F)cc3c(=O)c(C(=O)O)cn4c3c2OCN4C)CC1. The molecular weight excluding hydrogens is 367 g/mol. The number of carboxylic acids is 1. The van der Waals surface area contributed by atoms with E-state index in [4.69, 9.17) is 4.74 Å². The molecule has 2 aromatic rings. The first kappa shape index (κ1) is 18.5. The van der Waals surface area contributed by atoms with Crippen molar-refractivity contribution >= 4 is 22.6 Å². The lowest BCUT2D eigenvalue weighted by Crippen LogP contribution is -2.44. The van der Waals surface area contributed by atoms with Crippen molar-refractivity contribution in [2.45, 2.75) is 25.8 Å². The number of piperidine rings is 1.